The minimum Gasteiger partial charge on any atom is -0.414 e. The number of aromatic amines is 1. The van der Waals surface area contributed by atoms with E-state index in [1.807, 2.05) is 0 Å². The van der Waals surface area contributed by atoms with Crippen LogP contribution in [0.15, 0.2) is 21.9 Å². The smallest absolute Gasteiger partial charge is 0.389 e. The minimum atomic E-state index is -3.52. The normalized spacial score (nSPS) is 25.3. The van der Waals surface area contributed by atoms with Crippen LogP contribution in [0.25, 0.3) is 0 Å². The third-order valence-corrected chi connectivity index (χ3v) is 19.1. The molecule has 1 aromatic rings. The Balaban J connectivity index is 2.60. The van der Waals surface area contributed by atoms with Gasteiger partial charge in [-0.1, -0.05) is 41.5 Å². The van der Waals surface area contributed by atoms with E-state index in [0.717, 1.165) is 0 Å². The first-order valence-corrected chi connectivity index (χ1v) is 22.7. The van der Waals surface area contributed by atoms with E-state index < -0.39 is 57.7 Å². The van der Waals surface area contributed by atoms with Crippen molar-refractivity contribution in [3.63, 3.8) is 0 Å². The van der Waals surface area contributed by atoms with Crippen molar-refractivity contribution in [1.29, 1.82) is 0 Å². The van der Waals surface area contributed by atoms with Gasteiger partial charge in [0, 0.05) is 12.3 Å². The molecule has 1 aliphatic heterocycles. The Morgan fingerprint density at radius 2 is 1.62 bits per heavy atom. The number of H-pyrrole nitrogens is 1. The maximum Gasteiger partial charge on any atom is 0.389 e. The highest BCUT2D eigenvalue weighted by Gasteiger charge is 2.54. The predicted octanol–water partition coefficient (Wildman–Crippen LogP) is 5.81. The molecule has 10 nitrogen and oxygen atoms in total. The lowest BCUT2D eigenvalue weighted by Gasteiger charge is -2.41. The molecule has 0 radical (unpaired) electrons. The van der Waals surface area contributed by atoms with Gasteiger partial charge in [-0.25, -0.2) is 9.36 Å². The largest absolute Gasteiger partial charge is 0.414 e. The highest BCUT2D eigenvalue weighted by atomic mass is 127. The van der Waals surface area contributed by atoms with Gasteiger partial charge in [-0.2, -0.15) is 0 Å². The van der Waals surface area contributed by atoms with Crippen molar-refractivity contribution < 1.29 is 27.2 Å². The summed E-state index contributed by atoms with van der Waals surface area (Å²) in [6.45, 7) is 23.3. The zero-order chi connectivity index (χ0) is 28.6. The molecule has 14 heteroatoms. The van der Waals surface area contributed by atoms with Crippen molar-refractivity contribution in [3.05, 3.63) is 33.1 Å². The summed E-state index contributed by atoms with van der Waals surface area (Å²) in [6, 6.07) is 1.26. The first-order valence-electron chi connectivity index (χ1n) is 12.5. The van der Waals surface area contributed by atoms with Gasteiger partial charge in [0.05, 0.1) is 35.3 Å². The lowest BCUT2D eigenvalue weighted by Crippen LogP contribution is -2.50. The van der Waals surface area contributed by atoms with E-state index in [0.29, 0.717) is 0 Å². The van der Waals surface area contributed by atoms with E-state index in [4.69, 9.17) is 22.6 Å². The highest BCUT2D eigenvalue weighted by Crippen LogP contribution is 2.60. The number of hydrogen-bond donors (Lipinski definition) is 1. The van der Waals surface area contributed by atoms with Crippen LogP contribution in [0.1, 0.15) is 54.7 Å². The third-order valence-electron chi connectivity index (χ3n) is 7.59. The van der Waals surface area contributed by atoms with Crippen molar-refractivity contribution in [2.24, 2.45) is 0 Å². The molecule has 2 heterocycles. The Bertz CT molecular complexity index is 1100. The molecule has 5 atom stereocenters. The molecular formula is C23H44IN2O8PSi2. The number of aromatic nitrogens is 2. The van der Waals surface area contributed by atoms with Crippen LogP contribution in [0.5, 0.6) is 0 Å². The summed E-state index contributed by atoms with van der Waals surface area (Å²) in [7, 11) is -4.62. The Hall–Kier alpha value is -0.126. The van der Waals surface area contributed by atoms with Gasteiger partial charge in [-0.15, -0.1) is 0 Å². The Morgan fingerprint density at radius 1 is 1.05 bits per heavy atom. The van der Waals surface area contributed by atoms with Crippen molar-refractivity contribution >= 4 is 43.9 Å². The molecule has 0 amide bonds. The third kappa shape index (κ3) is 8.19. The van der Waals surface area contributed by atoms with E-state index in [9.17, 15) is 14.2 Å². The number of ether oxygens (including phenoxy) is 1. The average molecular weight is 691 g/mol. The summed E-state index contributed by atoms with van der Waals surface area (Å²) in [4.78, 5) is 26.9. The van der Waals surface area contributed by atoms with E-state index in [1.165, 1.54) is 16.8 Å². The number of rotatable bonds is 10. The zero-order valence-electron chi connectivity index (χ0n) is 23.9. The van der Waals surface area contributed by atoms with Gasteiger partial charge >= 0.3 is 10.9 Å². The molecule has 0 aliphatic carbocycles. The fourth-order valence-electron chi connectivity index (χ4n) is 3.30. The molecular weight excluding hydrogens is 646 g/mol. The van der Waals surface area contributed by atoms with E-state index >= 15 is 0 Å². The lowest BCUT2D eigenvalue weighted by molar-refractivity contribution is -0.0508. The molecule has 0 aromatic carbocycles. The standard InChI is InChI=1S/C23H44IN2O8PSi2/c1-12-30-35(24,29)33-18-16(15-31-36(8,9)22(2,3)4)32-20(26-14-13-17(27)25-21(26)28)19(18)34-37(10,11)23(5,6)7/h13-14,16,18-20H,12,15H2,1-11H3,(H,25,27,28)/t16-,18-,19-,20-,35?/m1/s1. The quantitative estimate of drug-likeness (QED) is 0.186. The van der Waals surface area contributed by atoms with E-state index in [-0.39, 0.29) is 23.3 Å². The summed E-state index contributed by atoms with van der Waals surface area (Å²) in [5.41, 5.74) is -1.15. The summed E-state index contributed by atoms with van der Waals surface area (Å²) in [5.74, 6) is 0. The molecule has 1 aromatic heterocycles. The Kier molecular flexibility index (Phi) is 10.5. The second kappa shape index (κ2) is 11.8. The van der Waals surface area contributed by atoms with Crippen molar-refractivity contribution in [2.45, 2.75) is 109 Å². The van der Waals surface area contributed by atoms with Crippen LogP contribution < -0.4 is 11.2 Å². The first-order chi connectivity index (χ1) is 16.6. The second-order valence-corrected chi connectivity index (χ2v) is 26.9. The molecule has 1 unspecified atom stereocenters. The van der Waals surface area contributed by atoms with Crippen LogP contribution in [0.4, 0.5) is 0 Å². The molecule has 1 N–H and O–H groups in total. The molecule has 0 spiro atoms. The summed E-state index contributed by atoms with van der Waals surface area (Å²) in [6.07, 6.45) is -1.91. The van der Waals surface area contributed by atoms with Crippen LogP contribution in [-0.4, -0.2) is 57.7 Å². The fraction of sp³-hybridized carbons (Fsp3) is 0.826. The highest BCUT2D eigenvalue weighted by molar-refractivity contribution is 14.2. The lowest BCUT2D eigenvalue weighted by atomic mass is 10.1. The molecule has 1 saturated heterocycles. The summed E-state index contributed by atoms with van der Waals surface area (Å²) < 4.78 is 45.8. The molecule has 0 bridgehead atoms. The number of nitrogens with zero attached hydrogens (tertiary/aromatic N) is 1. The van der Waals surface area contributed by atoms with Gasteiger partial charge in [0.25, 0.3) is 5.56 Å². The number of nitrogens with one attached hydrogen (secondary N) is 1. The fourth-order valence-corrected chi connectivity index (χ4v) is 8.14. The topological polar surface area (TPSA) is 118 Å². The van der Waals surface area contributed by atoms with Crippen LogP contribution in [0, 0.1) is 0 Å². The Labute approximate surface area is 235 Å². The monoisotopic (exact) mass is 690 g/mol. The van der Waals surface area contributed by atoms with Gasteiger partial charge in [0.2, 0.25) is 0 Å². The number of hydrogen-bond acceptors (Lipinski definition) is 8. The van der Waals surface area contributed by atoms with Gasteiger partial charge < -0.3 is 18.1 Å². The van der Waals surface area contributed by atoms with Crippen molar-refractivity contribution in [3.8, 4) is 0 Å². The van der Waals surface area contributed by atoms with E-state index in [1.54, 1.807) is 29.0 Å². The van der Waals surface area contributed by atoms with Gasteiger partial charge in [-0.05, 0) is 43.2 Å². The molecule has 0 saturated carbocycles. The zero-order valence-corrected chi connectivity index (χ0v) is 29.0. The molecule has 2 rings (SSSR count). The molecule has 1 fully saturated rings. The van der Waals surface area contributed by atoms with Gasteiger partial charge in [0.1, 0.15) is 18.3 Å². The van der Waals surface area contributed by atoms with Crippen molar-refractivity contribution in [2.75, 3.05) is 13.2 Å². The van der Waals surface area contributed by atoms with Gasteiger partial charge in [0.15, 0.2) is 22.9 Å². The van der Waals surface area contributed by atoms with Gasteiger partial charge in [-0.3, -0.25) is 18.9 Å². The SMILES string of the molecule is CCOP(=O)(I)O[C@H]1[C@@H](O[Si](C)(C)C(C)(C)C)[C@H](n2ccc(=O)[nH]c2=O)O[C@@H]1CO[Si](C)(C)C(C)(C)C. The minimum absolute atomic E-state index is 0.0435. The first kappa shape index (κ1) is 33.1. The number of halogens is 1. The van der Waals surface area contributed by atoms with Crippen LogP contribution in [0.2, 0.25) is 36.3 Å². The maximum absolute atomic E-state index is 13.2. The van der Waals surface area contributed by atoms with E-state index in [2.05, 4.69) is 72.7 Å². The van der Waals surface area contributed by atoms with Crippen molar-refractivity contribution in [1.82, 2.24) is 9.55 Å². The summed E-state index contributed by atoms with van der Waals surface area (Å²) >= 11 is 1.69. The summed E-state index contributed by atoms with van der Waals surface area (Å²) in [5, 5.41) is -3.73. The Morgan fingerprint density at radius 3 is 2.11 bits per heavy atom. The average Bonchev–Trinajstić information content (AvgIpc) is 3.00. The maximum atomic E-state index is 13.2. The molecule has 214 valence electrons. The predicted molar refractivity (Wildman–Crippen MR) is 159 cm³/mol. The second-order valence-electron chi connectivity index (χ2n) is 12.4. The molecule has 37 heavy (non-hydrogen) atoms. The van der Waals surface area contributed by atoms with Crippen LogP contribution >= 0.6 is 27.3 Å². The van der Waals surface area contributed by atoms with Crippen LogP contribution in [0.3, 0.4) is 0 Å². The van der Waals surface area contributed by atoms with Crippen LogP contribution in [-0.2, 0) is 27.2 Å². The molecule has 1 aliphatic rings.